The summed E-state index contributed by atoms with van der Waals surface area (Å²) < 4.78 is 0. The van der Waals surface area contributed by atoms with Gasteiger partial charge in [0, 0.05) is 17.0 Å². The molecule has 1 aliphatic rings. The maximum atomic E-state index is 11.0. The van der Waals surface area contributed by atoms with Crippen molar-refractivity contribution in [2.75, 3.05) is 5.75 Å². The number of hydrogen-bond acceptors (Lipinski definition) is 3. The number of amides is 1. The molecule has 4 heteroatoms. The number of primary amides is 1. The predicted molar refractivity (Wildman–Crippen MR) is 56.7 cm³/mol. The Morgan fingerprint density at radius 3 is 2.62 bits per heavy atom. The highest BCUT2D eigenvalue weighted by molar-refractivity contribution is 8.00. The second-order valence-corrected chi connectivity index (χ2v) is 5.68. The van der Waals surface area contributed by atoms with E-state index in [2.05, 4.69) is 12.2 Å². The highest BCUT2D eigenvalue weighted by Crippen LogP contribution is 2.27. The van der Waals surface area contributed by atoms with Gasteiger partial charge in [-0.1, -0.05) is 6.92 Å². The Bertz CT molecular complexity index is 206. The summed E-state index contributed by atoms with van der Waals surface area (Å²) in [5.74, 6) is 0.801. The second kappa shape index (κ2) is 3.88. The lowest BCUT2D eigenvalue weighted by Gasteiger charge is -2.26. The minimum atomic E-state index is -0.574. The minimum Gasteiger partial charge on any atom is -0.368 e. The van der Waals surface area contributed by atoms with Gasteiger partial charge in [-0.25, -0.2) is 0 Å². The SMILES string of the molecule is CC1CC(NC(C)(C)C(N)=O)CS1. The molecule has 1 rings (SSSR count). The van der Waals surface area contributed by atoms with Crippen LogP contribution in [-0.4, -0.2) is 28.5 Å². The molecule has 1 fully saturated rings. The van der Waals surface area contributed by atoms with Crippen LogP contribution in [0.3, 0.4) is 0 Å². The molecule has 0 spiro atoms. The van der Waals surface area contributed by atoms with Gasteiger partial charge in [0.15, 0.2) is 0 Å². The Kier molecular flexibility index (Phi) is 3.24. The number of carbonyl (C=O) groups excluding carboxylic acids is 1. The van der Waals surface area contributed by atoms with E-state index in [-0.39, 0.29) is 5.91 Å². The van der Waals surface area contributed by atoms with Crippen molar-refractivity contribution in [3.63, 3.8) is 0 Å². The topological polar surface area (TPSA) is 55.1 Å². The summed E-state index contributed by atoms with van der Waals surface area (Å²) in [6, 6.07) is 0.433. The normalized spacial score (nSPS) is 29.2. The van der Waals surface area contributed by atoms with Crippen LogP contribution < -0.4 is 11.1 Å². The number of nitrogens with two attached hydrogens (primary N) is 1. The van der Waals surface area contributed by atoms with Crippen LogP contribution in [0, 0.1) is 0 Å². The summed E-state index contributed by atoms with van der Waals surface area (Å²) in [5, 5.41) is 3.99. The van der Waals surface area contributed by atoms with E-state index in [4.69, 9.17) is 5.73 Å². The van der Waals surface area contributed by atoms with Gasteiger partial charge in [-0.3, -0.25) is 4.79 Å². The van der Waals surface area contributed by atoms with E-state index in [1.54, 1.807) is 0 Å². The Morgan fingerprint density at radius 1 is 1.62 bits per heavy atom. The molecule has 13 heavy (non-hydrogen) atoms. The highest BCUT2D eigenvalue weighted by Gasteiger charge is 2.31. The molecule has 0 radical (unpaired) electrons. The number of rotatable bonds is 3. The first-order valence-electron chi connectivity index (χ1n) is 4.61. The third-order valence-corrected chi connectivity index (χ3v) is 3.74. The lowest BCUT2D eigenvalue weighted by atomic mass is 10.0. The number of thioether (sulfide) groups is 1. The summed E-state index contributed by atoms with van der Waals surface area (Å²) in [5.41, 5.74) is 4.70. The van der Waals surface area contributed by atoms with Crippen molar-refractivity contribution in [3.05, 3.63) is 0 Å². The van der Waals surface area contributed by atoms with Gasteiger partial charge < -0.3 is 11.1 Å². The molecule has 3 nitrogen and oxygen atoms in total. The molecular weight excluding hydrogens is 184 g/mol. The zero-order valence-electron chi connectivity index (χ0n) is 8.46. The highest BCUT2D eigenvalue weighted by atomic mass is 32.2. The lowest BCUT2D eigenvalue weighted by molar-refractivity contribution is -0.123. The Morgan fingerprint density at radius 2 is 2.23 bits per heavy atom. The first-order valence-corrected chi connectivity index (χ1v) is 5.66. The minimum absolute atomic E-state index is 0.281. The first-order chi connectivity index (χ1) is 5.92. The Labute approximate surface area is 83.8 Å². The molecule has 0 saturated carbocycles. The molecule has 1 aliphatic heterocycles. The van der Waals surface area contributed by atoms with Gasteiger partial charge in [0.25, 0.3) is 0 Å². The van der Waals surface area contributed by atoms with Crippen molar-refractivity contribution in [3.8, 4) is 0 Å². The van der Waals surface area contributed by atoms with E-state index in [1.165, 1.54) is 0 Å². The number of hydrogen-bond donors (Lipinski definition) is 2. The fraction of sp³-hybridized carbons (Fsp3) is 0.889. The quantitative estimate of drug-likeness (QED) is 0.709. The van der Waals surface area contributed by atoms with Crippen LogP contribution in [0.5, 0.6) is 0 Å². The van der Waals surface area contributed by atoms with Crippen molar-refractivity contribution in [1.82, 2.24) is 5.32 Å². The van der Waals surface area contributed by atoms with E-state index in [0.29, 0.717) is 11.3 Å². The molecule has 1 amide bonds. The molecule has 2 unspecified atom stereocenters. The zero-order valence-corrected chi connectivity index (χ0v) is 9.28. The van der Waals surface area contributed by atoms with Crippen LogP contribution >= 0.6 is 11.8 Å². The summed E-state index contributed by atoms with van der Waals surface area (Å²) in [7, 11) is 0. The fourth-order valence-corrected chi connectivity index (χ4v) is 2.65. The van der Waals surface area contributed by atoms with Gasteiger partial charge >= 0.3 is 0 Å². The summed E-state index contributed by atoms with van der Waals surface area (Å²) in [6.45, 7) is 5.88. The average Bonchev–Trinajstić information content (AvgIpc) is 2.34. The maximum Gasteiger partial charge on any atom is 0.237 e. The molecule has 3 N–H and O–H groups in total. The Hall–Kier alpha value is -0.220. The van der Waals surface area contributed by atoms with Gasteiger partial charge in [-0.05, 0) is 20.3 Å². The smallest absolute Gasteiger partial charge is 0.237 e. The second-order valence-electron chi connectivity index (χ2n) is 4.21. The van der Waals surface area contributed by atoms with Crippen LogP contribution in [0.2, 0.25) is 0 Å². The van der Waals surface area contributed by atoms with Crippen molar-refractivity contribution in [2.24, 2.45) is 5.73 Å². The van der Waals surface area contributed by atoms with Gasteiger partial charge in [-0.15, -0.1) is 0 Å². The van der Waals surface area contributed by atoms with E-state index < -0.39 is 5.54 Å². The van der Waals surface area contributed by atoms with E-state index in [1.807, 2.05) is 25.6 Å². The van der Waals surface area contributed by atoms with E-state index in [0.717, 1.165) is 12.2 Å². The molecule has 1 heterocycles. The molecular formula is C9H18N2OS. The van der Waals surface area contributed by atoms with Crippen LogP contribution in [0.1, 0.15) is 27.2 Å². The van der Waals surface area contributed by atoms with Crippen LogP contribution in [0.15, 0.2) is 0 Å². The third-order valence-electron chi connectivity index (χ3n) is 2.38. The van der Waals surface area contributed by atoms with Crippen LogP contribution in [0.25, 0.3) is 0 Å². The standard InChI is InChI=1S/C9H18N2OS/c1-6-4-7(5-13-6)11-9(2,3)8(10)12/h6-7,11H,4-5H2,1-3H3,(H2,10,12). The Balaban J connectivity index is 2.44. The monoisotopic (exact) mass is 202 g/mol. The molecule has 1 saturated heterocycles. The number of nitrogens with one attached hydrogen (secondary N) is 1. The summed E-state index contributed by atoms with van der Waals surface area (Å²) >= 11 is 1.94. The van der Waals surface area contributed by atoms with Crippen molar-refractivity contribution in [2.45, 2.75) is 44.0 Å². The summed E-state index contributed by atoms with van der Waals surface area (Å²) in [4.78, 5) is 11.0. The van der Waals surface area contributed by atoms with Crippen LogP contribution in [0.4, 0.5) is 0 Å². The zero-order chi connectivity index (χ0) is 10.1. The van der Waals surface area contributed by atoms with Crippen LogP contribution in [-0.2, 0) is 4.79 Å². The van der Waals surface area contributed by atoms with Gasteiger partial charge in [-0.2, -0.15) is 11.8 Å². The molecule has 0 aromatic carbocycles. The van der Waals surface area contributed by atoms with E-state index in [9.17, 15) is 4.79 Å². The summed E-state index contributed by atoms with van der Waals surface area (Å²) in [6.07, 6.45) is 1.13. The van der Waals surface area contributed by atoms with Crippen molar-refractivity contribution < 1.29 is 4.79 Å². The van der Waals surface area contributed by atoms with Gasteiger partial charge in [0.1, 0.15) is 0 Å². The average molecular weight is 202 g/mol. The first kappa shape index (κ1) is 10.9. The predicted octanol–water partition coefficient (Wildman–Crippen LogP) is 0.734. The molecule has 2 atom stereocenters. The number of carbonyl (C=O) groups is 1. The molecule has 0 bridgehead atoms. The maximum absolute atomic E-state index is 11.0. The lowest BCUT2D eigenvalue weighted by Crippen LogP contribution is -2.54. The van der Waals surface area contributed by atoms with Crippen molar-refractivity contribution >= 4 is 17.7 Å². The molecule has 0 aromatic rings. The molecule has 0 aromatic heterocycles. The molecule has 0 aliphatic carbocycles. The fourth-order valence-electron chi connectivity index (χ4n) is 1.50. The van der Waals surface area contributed by atoms with Gasteiger partial charge in [0.05, 0.1) is 5.54 Å². The van der Waals surface area contributed by atoms with Gasteiger partial charge in [0.2, 0.25) is 5.91 Å². The largest absolute Gasteiger partial charge is 0.368 e. The third kappa shape index (κ3) is 2.88. The van der Waals surface area contributed by atoms with Crippen molar-refractivity contribution in [1.29, 1.82) is 0 Å². The molecule has 76 valence electrons. The van der Waals surface area contributed by atoms with E-state index >= 15 is 0 Å².